The van der Waals surface area contributed by atoms with E-state index in [0.717, 1.165) is 48.6 Å². The third kappa shape index (κ3) is 5.60. The molecule has 0 saturated carbocycles. The van der Waals surface area contributed by atoms with Crippen LogP contribution in [0.5, 0.6) is 0 Å². The maximum atomic E-state index is 13.4. The third-order valence-corrected chi connectivity index (χ3v) is 7.17. The Hall–Kier alpha value is -2.84. The molecule has 192 valence electrons. The van der Waals surface area contributed by atoms with Crippen molar-refractivity contribution in [3.05, 3.63) is 76.6 Å². The number of piperidine rings is 1. The molecule has 2 atom stereocenters. The largest absolute Gasteiger partial charge is 0.417 e. The molecule has 1 aromatic heterocycles. The van der Waals surface area contributed by atoms with Crippen LogP contribution in [-0.4, -0.2) is 39.2 Å². The highest BCUT2D eigenvalue weighted by molar-refractivity contribution is 6.34. The highest BCUT2D eigenvalue weighted by Crippen LogP contribution is 2.37. The van der Waals surface area contributed by atoms with E-state index in [-0.39, 0.29) is 17.6 Å². The number of hydrogen-bond acceptors (Lipinski definition) is 3. The average Bonchev–Trinajstić information content (AvgIpc) is 3.28. The van der Waals surface area contributed by atoms with Crippen molar-refractivity contribution < 1.29 is 18.0 Å². The lowest BCUT2D eigenvalue weighted by Gasteiger charge is -2.43. The number of aromatic nitrogens is 2. The summed E-state index contributed by atoms with van der Waals surface area (Å²) in [5.74, 6) is -0.628. The molecule has 9 heteroatoms. The Balaban J connectivity index is 1.74. The van der Waals surface area contributed by atoms with Crippen molar-refractivity contribution in [2.45, 2.75) is 57.4 Å². The van der Waals surface area contributed by atoms with Crippen LogP contribution >= 0.6 is 11.6 Å². The van der Waals surface area contributed by atoms with Crippen molar-refractivity contribution in [1.82, 2.24) is 20.0 Å². The van der Waals surface area contributed by atoms with Gasteiger partial charge in [0, 0.05) is 30.9 Å². The third-order valence-electron chi connectivity index (χ3n) is 6.76. The summed E-state index contributed by atoms with van der Waals surface area (Å²) in [6, 6.07) is 11.1. The van der Waals surface area contributed by atoms with Crippen LogP contribution in [-0.2, 0) is 13.2 Å². The second-order valence-electron chi connectivity index (χ2n) is 9.54. The Morgan fingerprint density at radius 3 is 2.56 bits per heavy atom. The summed E-state index contributed by atoms with van der Waals surface area (Å²) < 4.78 is 42.0. The fraction of sp³-hybridized carbons (Fsp3) is 0.407. The van der Waals surface area contributed by atoms with Gasteiger partial charge in [-0.15, -0.1) is 0 Å². The van der Waals surface area contributed by atoms with Crippen LogP contribution in [0.4, 0.5) is 13.2 Å². The van der Waals surface area contributed by atoms with Gasteiger partial charge < -0.3 is 5.32 Å². The number of alkyl halides is 3. The van der Waals surface area contributed by atoms with E-state index in [4.69, 9.17) is 11.6 Å². The van der Waals surface area contributed by atoms with Gasteiger partial charge in [0.15, 0.2) is 0 Å². The lowest BCUT2D eigenvalue weighted by Crippen LogP contribution is -2.51. The van der Waals surface area contributed by atoms with Gasteiger partial charge in [0.1, 0.15) is 0 Å². The van der Waals surface area contributed by atoms with E-state index in [9.17, 15) is 18.0 Å². The van der Waals surface area contributed by atoms with Crippen molar-refractivity contribution in [2.24, 2.45) is 7.05 Å². The molecule has 0 spiro atoms. The molecule has 1 aliphatic rings. The van der Waals surface area contributed by atoms with Gasteiger partial charge in [-0.2, -0.15) is 18.3 Å². The number of likely N-dealkylation sites (tertiary alicyclic amines) is 1. The number of aryl methyl sites for hydroxylation is 1. The molecular formula is C27H30ClF3N4O. The van der Waals surface area contributed by atoms with E-state index in [1.807, 2.05) is 37.5 Å². The lowest BCUT2D eigenvalue weighted by molar-refractivity contribution is -0.137. The second-order valence-corrected chi connectivity index (χ2v) is 9.92. The molecule has 2 aromatic carbocycles. The number of amides is 1. The Kier molecular flexibility index (Phi) is 7.76. The number of carbonyl (C=O) groups excluding carboxylic acids is 1. The number of benzene rings is 2. The number of nitrogens with one attached hydrogen (secondary N) is 1. The van der Waals surface area contributed by atoms with Crippen LogP contribution < -0.4 is 5.32 Å². The number of nitrogens with zero attached hydrogens (tertiary/aromatic N) is 3. The van der Waals surface area contributed by atoms with Gasteiger partial charge in [0.05, 0.1) is 28.4 Å². The Bertz CT molecular complexity index is 1220. The highest BCUT2D eigenvalue weighted by Gasteiger charge is 2.37. The fourth-order valence-electron chi connectivity index (χ4n) is 5.01. The van der Waals surface area contributed by atoms with Crippen LogP contribution in [0.15, 0.2) is 54.9 Å². The SMILES string of the molecule is CC(C)N1CCCC[C@H]1C(NC(=O)c1cccc(C(F)(F)F)c1Cl)c1cccc(-c2cnn(C)c2)c1. The highest BCUT2D eigenvalue weighted by atomic mass is 35.5. The minimum atomic E-state index is -4.65. The summed E-state index contributed by atoms with van der Waals surface area (Å²) in [5, 5.41) is 6.72. The molecule has 1 N–H and O–H groups in total. The maximum Gasteiger partial charge on any atom is 0.417 e. The molecule has 5 nitrogen and oxygen atoms in total. The molecule has 0 radical (unpaired) electrons. The zero-order valence-corrected chi connectivity index (χ0v) is 21.3. The van der Waals surface area contributed by atoms with Gasteiger partial charge in [-0.1, -0.05) is 42.3 Å². The molecular weight excluding hydrogens is 489 g/mol. The zero-order chi connectivity index (χ0) is 26.0. The predicted octanol–water partition coefficient (Wildman–Crippen LogP) is 6.49. The van der Waals surface area contributed by atoms with Gasteiger partial charge in [-0.05, 0) is 62.6 Å². The molecule has 4 rings (SSSR count). The summed E-state index contributed by atoms with van der Waals surface area (Å²) in [4.78, 5) is 15.8. The quantitative estimate of drug-likeness (QED) is 0.405. The Labute approximate surface area is 214 Å². The first-order valence-corrected chi connectivity index (χ1v) is 12.5. The van der Waals surface area contributed by atoms with Gasteiger partial charge in [-0.25, -0.2) is 0 Å². The van der Waals surface area contributed by atoms with Gasteiger partial charge in [0.25, 0.3) is 5.91 Å². The van der Waals surface area contributed by atoms with Crippen molar-refractivity contribution >= 4 is 17.5 Å². The monoisotopic (exact) mass is 518 g/mol. The average molecular weight is 519 g/mol. The van der Waals surface area contributed by atoms with Crippen molar-refractivity contribution in [1.29, 1.82) is 0 Å². The van der Waals surface area contributed by atoms with Crippen molar-refractivity contribution in [3.63, 3.8) is 0 Å². The summed E-state index contributed by atoms with van der Waals surface area (Å²) in [5.41, 5.74) is 1.56. The molecule has 1 saturated heterocycles. The summed E-state index contributed by atoms with van der Waals surface area (Å²) >= 11 is 6.09. The molecule has 1 fully saturated rings. The summed E-state index contributed by atoms with van der Waals surface area (Å²) in [7, 11) is 1.84. The van der Waals surface area contributed by atoms with Crippen LogP contribution in [0.2, 0.25) is 5.02 Å². The zero-order valence-electron chi connectivity index (χ0n) is 20.5. The minimum absolute atomic E-state index is 0.0172. The van der Waals surface area contributed by atoms with E-state index >= 15 is 0 Å². The summed E-state index contributed by atoms with van der Waals surface area (Å²) in [6.45, 7) is 5.13. The van der Waals surface area contributed by atoms with E-state index in [2.05, 4.69) is 29.2 Å². The molecule has 1 aliphatic heterocycles. The van der Waals surface area contributed by atoms with E-state index in [0.29, 0.717) is 0 Å². The lowest BCUT2D eigenvalue weighted by atomic mass is 9.88. The minimum Gasteiger partial charge on any atom is -0.344 e. The maximum absolute atomic E-state index is 13.4. The second kappa shape index (κ2) is 10.6. The first-order chi connectivity index (χ1) is 17.1. The Morgan fingerprint density at radius 1 is 1.14 bits per heavy atom. The Morgan fingerprint density at radius 2 is 1.89 bits per heavy atom. The van der Waals surface area contributed by atoms with Gasteiger partial charge in [-0.3, -0.25) is 14.4 Å². The number of halogens is 4. The first kappa shape index (κ1) is 26.2. The molecule has 36 heavy (non-hydrogen) atoms. The fourth-order valence-corrected chi connectivity index (χ4v) is 5.33. The molecule has 1 unspecified atom stereocenters. The van der Waals surface area contributed by atoms with Gasteiger partial charge in [0.2, 0.25) is 0 Å². The smallest absolute Gasteiger partial charge is 0.344 e. The molecule has 0 aliphatic carbocycles. The molecule has 1 amide bonds. The summed E-state index contributed by atoms with van der Waals surface area (Å²) in [6.07, 6.45) is 1.96. The van der Waals surface area contributed by atoms with Crippen LogP contribution in [0, 0.1) is 0 Å². The van der Waals surface area contributed by atoms with Gasteiger partial charge >= 0.3 is 6.18 Å². The normalized spacial score (nSPS) is 17.8. The van der Waals surface area contributed by atoms with Crippen molar-refractivity contribution in [3.8, 4) is 11.1 Å². The molecule has 0 bridgehead atoms. The standard InChI is InChI=1S/C27H30ClF3N4O/c1-17(2)35-13-5-4-12-23(35)25(19-9-6-8-18(14-19)20-15-32-34(3)16-20)33-26(36)21-10-7-11-22(24(21)28)27(29,30)31/h6-11,14-17,23,25H,4-5,12-13H2,1-3H3,(H,33,36)/t23-,25?/m0/s1. The molecule has 3 aromatic rings. The topological polar surface area (TPSA) is 50.2 Å². The number of rotatable bonds is 6. The molecule has 2 heterocycles. The van der Waals surface area contributed by atoms with Crippen LogP contribution in [0.1, 0.15) is 60.6 Å². The predicted molar refractivity (Wildman–Crippen MR) is 135 cm³/mol. The van der Waals surface area contributed by atoms with Crippen LogP contribution in [0.3, 0.4) is 0 Å². The number of hydrogen-bond donors (Lipinski definition) is 1. The first-order valence-electron chi connectivity index (χ1n) is 12.1. The van der Waals surface area contributed by atoms with E-state index in [1.54, 1.807) is 10.9 Å². The van der Waals surface area contributed by atoms with Crippen molar-refractivity contribution in [2.75, 3.05) is 6.54 Å². The van der Waals surface area contributed by atoms with E-state index in [1.165, 1.54) is 12.1 Å². The van der Waals surface area contributed by atoms with E-state index < -0.39 is 28.7 Å². The van der Waals surface area contributed by atoms with Crippen LogP contribution in [0.25, 0.3) is 11.1 Å². The number of carbonyl (C=O) groups is 1.